The zero-order valence-corrected chi connectivity index (χ0v) is 10.6. The number of ether oxygens (including phenoxy) is 1. The van der Waals surface area contributed by atoms with Gasteiger partial charge in [0.1, 0.15) is 0 Å². The molecule has 4 nitrogen and oxygen atoms in total. The first-order chi connectivity index (χ1) is 7.13. The summed E-state index contributed by atoms with van der Waals surface area (Å²) in [4.78, 5) is 13.7. The van der Waals surface area contributed by atoms with E-state index in [9.17, 15) is 4.79 Å². The Bertz CT molecular complexity index is 252. The quantitative estimate of drug-likeness (QED) is 0.746. The molecule has 2 aliphatic rings. The van der Waals surface area contributed by atoms with Gasteiger partial charge in [0.25, 0.3) is 0 Å². The predicted molar refractivity (Wildman–Crippen MR) is 64.6 cm³/mol. The summed E-state index contributed by atoms with van der Waals surface area (Å²) in [6.07, 6.45) is 3.31. The molecule has 1 atom stereocenters. The van der Waals surface area contributed by atoms with Crippen molar-refractivity contribution >= 4 is 18.3 Å². The SMILES string of the molecule is C[C@H](N)C(=O)N1CCC2(CCOCC2)C1.Cl. The number of carbonyl (C=O) groups excluding carboxylic acids is 1. The molecule has 0 aliphatic carbocycles. The van der Waals surface area contributed by atoms with Crippen LogP contribution in [0, 0.1) is 5.41 Å². The Morgan fingerprint density at radius 2 is 2.00 bits per heavy atom. The highest BCUT2D eigenvalue weighted by Gasteiger charge is 2.41. The Labute approximate surface area is 103 Å². The first-order valence-corrected chi connectivity index (χ1v) is 5.75. The molecular weight excluding hydrogens is 228 g/mol. The van der Waals surface area contributed by atoms with E-state index in [4.69, 9.17) is 10.5 Å². The molecule has 0 bridgehead atoms. The van der Waals surface area contributed by atoms with Crippen molar-refractivity contribution in [1.29, 1.82) is 0 Å². The van der Waals surface area contributed by atoms with E-state index in [1.807, 2.05) is 4.90 Å². The van der Waals surface area contributed by atoms with Crippen LogP contribution >= 0.6 is 12.4 Å². The van der Waals surface area contributed by atoms with E-state index in [0.717, 1.165) is 45.6 Å². The lowest BCUT2D eigenvalue weighted by atomic mass is 9.80. The molecule has 1 amide bonds. The lowest BCUT2D eigenvalue weighted by Gasteiger charge is -2.33. The summed E-state index contributed by atoms with van der Waals surface area (Å²) in [7, 11) is 0. The van der Waals surface area contributed by atoms with Gasteiger partial charge in [-0.25, -0.2) is 0 Å². The maximum Gasteiger partial charge on any atom is 0.239 e. The molecule has 0 saturated carbocycles. The lowest BCUT2D eigenvalue weighted by Crippen LogP contribution is -2.42. The van der Waals surface area contributed by atoms with Crippen LogP contribution in [0.5, 0.6) is 0 Å². The fraction of sp³-hybridized carbons (Fsp3) is 0.909. The van der Waals surface area contributed by atoms with E-state index < -0.39 is 0 Å². The summed E-state index contributed by atoms with van der Waals surface area (Å²) < 4.78 is 5.37. The van der Waals surface area contributed by atoms with Crippen LogP contribution in [-0.2, 0) is 9.53 Å². The Kier molecular flexibility index (Phi) is 4.59. The second kappa shape index (κ2) is 5.34. The molecule has 0 aromatic heterocycles. The highest BCUT2D eigenvalue weighted by atomic mass is 35.5. The van der Waals surface area contributed by atoms with Gasteiger partial charge in [0, 0.05) is 26.3 Å². The van der Waals surface area contributed by atoms with Gasteiger partial charge in [-0.3, -0.25) is 4.79 Å². The Morgan fingerprint density at radius 1 is 1.38 bits per heavy atom. The molecule has 2 N–H and O–H groups in total. The number of hydrogen-bond donors (Lipinski definition) is 1. The van der Waals surface area contributed by atoms with E-state index in [-0.39, 0.29) is 24.4 Å². The predicted octanol–water partition coefficient (Wildman–Crippen LogP) is 0.784. The van der Waals surface area contributed by atoms with Crippen LogP contribution in [0.4, 0.5) is 0 Å². The van der Waals surface area contributed by atoms with Crippen molar-refractivity contribution in [3.8, 4) is 0 Å². The number of likely N-dealkylation sites (tertiary alicyclic amines) is 1. The zero-order chi connectivity index (χ0) is 10.9. The van der Waals surface area contributed by atoms with Crippen LogP contribution < -0.4 is 5.73 Å². The smallest absolute Gasteiger partial charge is 0.239 e. The van der Waals surface area contributed by atoms with Crippen molar-refractivity contribution in [3.05, 3.63) is 0 Å². The zero-order valence-electron chi connectivity index (χ0n) is 9.78. The highest BCUT2D eigenvalue weighted by Crippen LogP contribution is 2.39. The number of halogens is 1. The van der Waals surface area contributed by atoms with Gasteiger partial charge in [0.05, 0.1) is 6.04 Å². The molecule has 5 heteroatoms. The Morgan fingerprint density at radius 3 is 2.56 bits per heavy atom. The molecule has 0 aromatic rings. The highest BCUT2D eigenvalue weighted by molar-refractivity contribution is 5.85. The molecule has 2 saturated heterocycles. The minimum atomic E-state index is -0.361. The molecule has 0 unspecified atom stereocenters. The number of nitrogens with zero attached hydrogens (tertiary/aromatic N) is 1. The average molecular weight is 249 g/mol. The van der Waals surface area contributed by atoms with Crippen LogP contribution in [0.3, 0.4) is 0 Å². The summed E-state index contributed by atoms with van der Waals surface area (Å²) in [6, 6.07) is -0.361. The largest absolute Gasteiger partial charge is 0.381 e. The number of rotatable bonds is 1. The van der Waals surface area contributed by atoms with Gasteiger partial charge in [-0.2, -0.15) is 0 Å². The van der Waals surface area contributed by atoms with E-state index in [0.29, 0.717) is 5.41 Å². The van der Waals surface area contributed by atoms with Gasteiger partial charge in [0.15, 0.2) is 0 Å². The third-order valence-electron chi connectivity index (χ3n) is 3.69. The summed E-state index contributed by atoms with van der Waals surface area (Å²) in [6.45, 7) is 5.22. The topological polar surface area (TPSA) is 55.6 Å². The second-order valence-corrected chi connectivity index (χ2v) is 4.91. The van der Waals surface area contributed by atoms with E-state index in [2.05, 4.69) is 0 Å². The summed E-state index contributed by atoms with van der Waals surface area (Å²) in [5, 5.41) is 0. The minimum absolute atomic E-state index is 0. The van der Waals surface area contributed by atoms with Crippen molar-refractivity contribution in [3.63, 3.8) is 0 Å². The fourth-order valence-corrected chi connectivity index (χ4v) is 2.62. The minimum Gasteiger partial charge on any atom is -0.381 e. The molecule has 16 heavy (non-hydrogen) atoms. The third-order valence-corrected chi connectivity index (χ3v) is 3.69. The maximum atomic E-state index is 11.7. The molecule has 2 fully saturated rings. The van der Waals surface area contributed by atoms with Crippen molar-refractivity contribution in [1.82, 2.24) is 4.90 Å². The average Bonchev–Trinajstić information content (AvgIpc) is 2.62. The van der Waals surface area contributed by atoms with Gasteiger partial charge in [-0.1, -0.05) is 0 Å². The standard InChI is InChI=1S/C11H20N2O2.ClH/c1-9(12)10(14)13-5-2-11(8-13)3-6-15-7-4-11;/h9H,2-8,12H2,1H3;1H/t9-;/m0./s1. The normalized spacial score (nSPS) is 25.2. The lowest BCUT2D eigenvalue weighted by molar-refractivity contribution is -0.131. The van der Waals surface area contributed by atoms with Crippen LogP contribution in [-0.4, -0.2) is 43.2 Å². The second-order valence-electron chi connectivity index (χ2n) is 4.91. The van der Waals surface area contributed by atoms with Crippen LogP contribution in [0.2, 0.25) is 0 Å². The van der Waals surface area contributed by atoms with Gasteiger partial charge in [-0.05, 0) is 31.6 Å². The summed E-state index contributed by atoms with van der Waals surface area (Å²) >= 11 is 0. The number of amides is 1. The fourth-order valence-electron chi connectivity index (χ4n) is 2.62. The molecule has 0 radical (unpaired) electrons. The van der Waals surface area contributed by atoms with Crippen molar-refractivity contribution < 1.29 is 9.53 Å². The number of hydrogen-bond acceptors (Lipinski definition) is 3. The molecular formula is C11H21ClN2O2. The molecule has 1 spiro atoms. The Hall–Kier alpha value is -0.320. The molecule has 2 heterocycles. The van der Waals surface area contributed by atoms with Gasteiger partial charge in [-0.15, -0.1) is 12.4 Å². The van der Waals surface area contributed by atoms with Gasteiger partial charge >= 0.3 is 0 Å². The van der Waals surface area contributed by atoms with Gasteiger partial charge in [0.2, 0.25) is 5.91 Å². The number of nitrogens with two attached hydrogens (primary N) is 1. The van der Waals surface area contributed by atoms with Crippen LogP contribution in [0.1, 0.15) is 26.2 Å². The monoisotopic (exact) mass is 248 g/mol. The van der Waals surface area contributed by atoms with E-state index in [1.165, 1.54) is 0 Å². The van der Waals surface area contributed by atoms with E-state index in [1.54, 1.807) is 6.92 Å². The maximum absolute atomic E-state index is 11.7. The van der Waals surface area contributed by atoms with Crippen LogP contribution in [0.15, 0.2) is 0 Å². The third kappa shape index (κ3) is 2.67. The van der Waals surface area contributed by atoms with Crippen molar-refractivity contribution in [2.75, 3.05) is 26.3 Å². The summed E-state index contributed by atoms with van der Waals surface area (Å²) in [5.74, 6) is 0.0957. The molecule has 0 aromatic carbocycles. The van der Waals surface area contributed by atoms with Gasteiger partial charge < -0.3 is 15.4 Å². The number of carbonyl (C=O) groups is 1. The first kappa shape index (κ1) is 13.7. The summed E-state index contributed by atoms with van der Waals surface area (Å²) in [5.41, 5.74) is 5.95. The first-order valence-electron chi connectivity index (χ1n) is 5.75. The van der Waals surface area contributed by atoms with Crippen molar-refractivity contribution in [2.45, 2.75) is 32.2 Å². The van der Waals surface area contributed by atoms with Crippen molar-refractivity contribution in [2.24, 2.45) is 11.1 Å². The van der Waals surface area contributed by atoms with E-state index >= 15 is 0 Å². The molecule has 2 rings (SSSR count). The molecule has 2 aliphatic heterocycles. The van der Waals surface area contributed by atoms with Crippen LogP contribution in [0.25, 0.3) is 0 Å². The Balaban J connectivity index is 0.00000128. The molecule has 94 valence electrons.